The van der Waals surface area contributed by atoms with Crippen LogP contribution in [0.2, 0.25) is 0 Å². The molecule has 106 valence electrons. The lowest BCUT2D eigenvalue weighted by molar-refractivity contribution is -0.137. The molecule has 3 nitrogen and oxygen atoms in total. The van der Waals surface area contributed by atoms with Crippen molar-refractivity contribution < 1.29 is 9.90 Å². The molecule has 1 aromatic rings. The van der Waals surface area contributed by atoms with Crippen molar-refractivity contribution in [3.8, 4) is 0 Å². The van der Waals surface area contributed by atoms with Gasteiger partial charge in [0.2, 0.25) is 0 Å². The van der Waals surface area contributed by atoms with Crippen LogP contribution in [-0.4, -0.2) is 36.1 Å². The minimum absolute atomic E-state index is 0.0964. The van der Waals surface area contributed by atoms with E-state index in [1.54, 1.807) is 0 Å². The number of rotatable bonds is 5. The van der Waals surface area contributed by atoms with E-state index in [-0.39, 0.29) is 12.0 Å². The monoisotopic (exact) mass is 263 g/mol. The van der Waals surface area contributed by atoms with E-state index in [9.17, 15) is 4.79 Å². The molecule has 0 aromatic heterocycles. The zero-order valence-electron chi connectivity index (χ0n) is 12.7. The van der Waals surface area contributed by atoms with Gasteiger partial charge < -0.3 is 5.11 Å². The fraction of sp³-hybridized carbons (Fsp3) is 0.562. The van der Waals surface area contributed by atoms with Gasteiger partial charge in [-0.1, -0.05) is 39.0 Å². The second-order valence-electron chi connectivity index (χ2n) is 6.27. The summed E-state index contributed by atoms with van der Waals surface area (Å²) in [4.78, 5) is 12.4. The number of hydrogen-bond donors (Lipinski definition) is 1. The van der Waals surface area contributed by atoms with Gasteiger partial charge in [-0.2, -0.15) is 0 Å². The smallest absolute Gasteiger partial charge is 0.317 e. The van der Waals surface area contributed by atoms with Crippen molar-refractivity contribution in [3.05, 3.63) is 34.9 Å². The molecule has 0 amide bonds. The van der Waals surface area contributed by atoms with Gasteiger partial charge in [0.15, 0.2) is 0 Å². The molecular formula is C16H25NO2. The number of nitrogens with zero attached hydrogens (tertiary/aromatic N) is 1. The molecule has 0 saturated heterocycles. The van der Waals surface area contributed by atoms with E-state index in [1.165, 1.54) is 16.7 Å². The van der Waals surface area contributed by atoms with Gasteiger partial charge in [-0.15, -0.1) is 0 Å². The predicted molar refractivity (Wildman–Crippen MR) is 78.7 cm³/mol. The summed E-state index contributed by atoms with van der Waals surface area (Å²) in [5.74, 6) is -0.776. The topological polar surface area (TPSA) is 40.5 Å². The van der Waals surface area contributed by atoms with Crippen LogP contribution in [0.15, 0.2) is 18.2 Å². The first-order valence-corrected chi connectivity index (χ1v) is 6.70. The van der Waals surface area contributed by atoms with E-state index >= 15 is 0 Å². The van der Waals surface area contributed by atoms with Crippen LogP contribution in [0, 0.1) is 6.92 Å². The van der Waals surface area contributed by atoms with Crippen LogP contribution in [0.1, 0.15) is 37.5 Å². The number of hydrogen-bond acceptors (Lipinski definition) is 2. The van der Waals surface area contributed by atoms with Crippen LogP contribution in [-0.2, 0) is 16.6 Å². The quantitative estimate of drug-likeness (QED) is 0.888. The molecule has 3 heteroatoms. The zero-order valence-corrected chi connectivity index (χ0v) is 12.7. The number of aliphatic carboxylic acids is 1. The molecule has 0 aliphatic carbocycles. The first kappa shape index (κ1) is 15.7. The summed E-state index contributed by atoms with van der Waals surface area (Å²) in [5.41, 5.74) is 4.10. The van der Waals surface area contributed by atoms with E-state index in [1.807, 2.05) is 11.9 Å². The Bertz CT molecular complexity index is 447. The molecule has 0 heterocycles. The van der Waals surface area contributed by atoms with Gasteiger partial charge in [0.1, 0.15) is 0 Å². The lowest BCUT2D eigenvalue weighted by Crippen LogP contribution is -2.27. The Kier molecular flexibility index (Phi) is 5.12. The van der Waals surface area contributed by atoms with E-state index in [4.69, 9.17) is 5.11 Å². The minimum atomic E-state index is -0.776. The van der Waals surface area contributed by atoms with Crippen LogP contribution in [0.3, 0.4) is 0 Å². The van der Waals surface area contributed by atoms with Gasteiger partial charge in [-0.25, -0.2) is 0 Å². The highest BCUT2D eigenvalue weighted by atomic mass is 16.4. The fourth-order valence-corrected chi connectivity index (χ4v) is 2.06. The summed E-state index contributed by atoms with van der Waals surface area (Å²) < 4.78 is 0. The standard InChI is InChI=1S/C16H25NO2/c1-12-10-14(16(2,3)4)7-6-13(12)8-9-17(5)11-15(18)19/h6-7,10H,8-9,11H2,1-5H3,(H,18,19). The Balaban J connectivity index is 2.68. The third-order valence-electron chi connectivity index (χ3n) is 3.38. The molecule has 0 saturated carbocycles. The number of carbonyl (C=O) groups is 1. The zero-order chi connectivity index (χ0) is 14.6. The second-order valence-corrected chi connectivity index (χ2v) is 6.27. The number of carboxylic acid groups (broad SMARTS) is 1. The van der Waals surface area contributed by atoms with Gasteiger partial charge in [0.25, 0.3) is 0 Å². The highest BCUT2D eigenvalue weighted by Crippen LogP contribution is 2.24. The van der Waals surface area contributed by atoms with Gasteiger partial charge in [-0.05, 0) is 42.5 Å². The van der Waals surface area contributed by atoms with E-state index < -0.39 is 5.97 Å². The lowest BCUT2D eigenvalue weighted by atomic mass is 9.85. The second kappa shape index (κ2) is 6.20. The van der Waals surface area contributed by atoms with E-state index in [0.29, 0.717) is 0 Å². The van der Waals surface area contributed by atoms with Crippen LogP contribution >= 0.6 is 0 Å². The van der Waals surface area contributed by atoms with Crippen LogP contribution < -0.4 is 0 Å². The van der Waals surface area contributed by atoms with Crippen LogP contribution in [0.25, 0.3) is 0 Å². The van der Waals surface area contributed by atoms with Gasteiger partial charge in [0.05, 0.1) is 6.54 Å². The Morgan fingerprint density at radius 2 is 1.95 bits per heavy atom. The molecule has 1 aromatic carbocycles. The molecule has 0 radical (unpaired) electrons. The lowest BCUT2D eigenvalue weighted by Gasteiger charge is -2.21. The molecule has 1 rings (SSSR count). The summed E-state index contributed by atoms with van der Waals surface area (Å²) in [6, 6.07) is 6.59. The van der Waals surface area contributed by atoms with Crippen LogP contribution in [0.5, 0.6) is 0 Å². The fourth-order valence-electron chi connectivity index (χ4n) is 2.06. The highest BCUT2D eigenvalue weighted by molar-refractivity contribution is 5.69. The number of likely N-dealkylation sites (N-methyl/N-ethyl adjacent to an activating group) is 1. The molecule has 0 aliphatic heterocycles. The summed E-state index contributed by atoms with van der Waals surface area (Å²) in [6.07, 6.45) is 0.889. The maximum atomic E-state index is 10.6. The summed E-state index contributed by atoms with van der Waals surface area (Å²) in [5, 5.41) is 8.72. The van der Waals surface area contributed by atoms with Gasteiger partial charge in [-0.3, -0.25) is 9.69 Å². The average Bonchev–Trinajstić information content (AvgIpc) is 2.25. The van der Waals surface area contributed by atoms with Crippen LogP contribution in [0.4, 0.5) is 0 Å². The van der Waals surface area contributed by atoms with Crippen molar-refractivity contribution in [1.82, 2.24) is 4.90 Å². The number of benzene rings is 1. The Morgan fingerprint density at radius 3 is 2.42 bits per heavy atom. The maximum absolute atomic E-state index is 10.6. The molecule has 0 aliphatic rings. The molecule has 0 spiro atoms. The predicted octanol–water partition coefficient (Wildman–Crippen LogP) is 2.85. The van der Waals surface area contributed by atoms with Crippen molar-refractivity contribution in [1.29, 1.82) is 0 Å². The number of carboxylic acids is 1. The molecule has 0 fully saturated rings. The SMILES string of the molecule is Cc1cc(C(C)(C)C)ccc1CCN(C)CC(=O)O. The summed E-state index contributed by atoms with van der Waals surface area (Å²) >= 11 is 0. The molecule has 0 atom stereocenters. The van der Waals surface area contributed by atoms with Crippen molar-refractivity contribution in [2.45, 2.75) is 39.5 Å². The van der Waals surface area contributed by atoms with Gasteiger partial charge in [0, 0.05) is 6.54 Å². The molecular weight excluding hydrogens is 238 g/mol. The Labute approximate surface area is 116 Å². The third-order valence-corrected chi connectivity index (χ3v) is 3.38. The highest BCUT2D eigenvalue weighted by Gasteiger charge is 2.14. The molecule has 0 bridgehead atoms. The number of aryl methyl sites for hydroxylation is 1. The Hall–Kier alpha value is -1.35. The first-order valence-electron chi connectivity index (χ1n) is 6.70. The summed E-state index contributed by atoms with van der Waals surface area (Å²) in [7, 11) is 1.84. The minimum Gasteiger partial charge on any atom is -0.480 e. The third kappa shape index (κ3) is 5.03. The molecule has 1 N–H and O–H groups in total. The largest absolute Gasteiger partial charge is 0.480 e. The van der Waals surface area contributed by atoms with Crippen molar-refractivity contribution in [2.24, 2.45) is 0 Å². The molecule has 0 unspecified atom stereocenters. The molecule has 19 heavy (non-hydrogen) atoms. The van der Waals surface area contributed by atoms with E-state index in [0.717, 1.165) is 13.0 Å². The van der Waals surface area contributed by atoms with E-state index in [2.05, 4.69) is 45.9 Å². The summed E-state index contributed by atoms with van der Waals surface area (Å²) in [6.45, 7) is 9.62. The van der Waals surface area contributed by atoms with Crippen molar-refractivity contribution >= 4 is 5.97 Å². The van der Waals surface area contributed by atoms with Gasteiger partial charge >= 0.3 is 5.97 Å². The van der Waals surface area contributed by atoms with Crippen molar-refractivity contribution in [2.75, 3.05) is 20.1 Å². The Morgan fingerprint density at radius 1 is 1.32 bits per heavy atom. The average molecular weight is 263 g/mol. The normalized spacial score (nSPS) is 11.9. The first-order chi connectivity index (χ1) is 8.70. The van der Waals surface area contributed by atoms with Crippen molar-refractivity contribution in [3.63, 3.8) is 0 Å². The maximum Gasteiger partial charge on any atom is 0.317 e.